The van der Waals surface area contributed by atoms with Crippen LogP contribution in [0.15, 0.2) is 36.4 Å². The molecular formula is C12H13O3S-. The van der Waals surface area contributed by atoms with Gasteiger partial charge in [0.15, 0.2) is 0 Å². The van der Waals surface area contributed by atoms with Gasteiger partial charge in [-0.3, -0.25) is 0 Å². The summed E-state index contributed by atoms with van der Waals surface area (Å²) >= 11 is -2.86. The fourth-order valence-electron chi connectivity index (χ4n) is 1.54. The first-order valence-corrected chi connectivity index (χ1v) is 5.79. The molecule has 0 fully saturated rings. The van der Waals surface area contributed by atoms with Crippen LogP contribution in [0.3, 0.4) is 0 Å². The van der Waals surface area contributed by atoms with E-state index < -0.39 is 11.4 Å². The standard InChI is InChI=1S/C12H12.H2O3S/c1-9-7-8-11-5-3-4-6-12(11)10(9)2;1-4(2)3/h3-8H,1-2H3;(H2,1,2,3)/p-1. The van der Waals surface area contributed by atoms with Gasteiger partial charge >= 0.3 is 0 Å². The second-order valence-electron chi connectivity index (χ2n) is 3.45. The lowest BCUT2D eigenvalue weighted by atomic mass is 10.0. The van der Waals surface area contributed by atoms with E-state index >= 15 is 0 Å². The first-order chi connectivity index (χ1) is 7.52. The number of benzene rings is 2. The van der Waals surface area contributed by atoms with Gasteiger partial charge in [-0.1, -0.05) is 36.4 Å². The highest BCUT2D eigenvalue weighted by atomic mass is 32.2. The van der Waals surface area contributed by atoms with Crippen molar-refractivity contribution in [2.75, 3.05) is 0 Å². The van der Waals surface area contributed by atoms with Gasteiger partial charge in [-0.05, 0) is 35.7 Å². The molecule has 0 saturated carbocycles. The van der Waals surface area contributed by atoms with Crippen LogP contribution in [0, 0.1) is 13.8 Å². The van der Waals surface area contributed by atoms with Crippen molar-refractivity contribution >= 4 is 22.1 Å². The van der Waals surface area contributed by atoms with Gasteiger partial charge in [-0.15, -0.1) is 0 Å². The van der Waals surface area contributed by atoms with Crippen LogP contribution in [-0.4, -0.2) is 13.3 Å². The molecule has 0 aliphatic heterocycles. The molecule has 2 aromatic carbocycles. The summed E-state index contributed by atoms with van der Waals surface area (Å²) in [6.07, 6.45) is 0. The second kappa shape index (κ2) is 5.75. The average molecular weight is 237 g/mol. The number of aryl methyl sites for hydroxylation is 2. The number of rotatable bonds is 0. The third-order valence-electron chi connectivity index (χ3n) is 2.47. The molecule has 0 aromatic heterocycles. The first-order valence-electron chi connectivity index (χ1n) is 4.75. The monoisotopic (exact) mass is 237 g/mol. The minimum Gasteiger partial charge on any atom is -0.750 e. The normalized spacial score (nSPS) is 11.8. The second-order valence-corrected chi connectivity index (χ2v) is 3.88. The minimum absolute atomic E-state index is 1.33. The van der Waals surface area contributed by atoms with E-state index in [2.05, 4.69) is 50.2 Å². The summed E-state index contributed by atoms with van der Waals surface area (Å²) in [4.78, 5) is 0. The highest BCUT2D eigenvalue weighted by Crippen LogP contribution is 2.20. The van der Waals surface area contributed by atoms with E-state index in [4.69, 9.17) is 13.3 Å². The molecule has 1 unspecified atom stereocenters. The largest absolute Gasteiger partial charge is 0.750 e. The SMILES string of the molecule is Cc1ccc2ccccc2c1C.O=S([O-])O. The van der Waals surface area contributed by atoms with Crippen molar-refractivity contribution in [2.24, 2.45) is 0 Å². The minimum atomic E-state index is -2.86. The fraction of sp³-hybridized carbons (Fsp3) is 0.167. The molecule has 3 nitrogen and oxygen atoms in total. The molecule has 2 rings (SSSR count). The molecule has 0 saturated heterocycles. The quantitative estimate of drug-likeness (QED) is 0.717. The maximum atomic E-state index is 8.56. The summed E-state index contributed by atoms with van der Waals surface area (Å²) in [7, 11) is 0. The van der Waals surface area contributed by atoms with Crippen molar-refractivity contribution in [3.05, 3.63) is 47.5 Å². The van der Waals surface area contributed by atoms with Gasteiger partial charge in [0.05, 0.1) is 11.4 Å². The van der Waals surface area contributed by atoms with Gasteiger partial charge in [0.2, 0.25) is 0 Å². The van der Waals surface area contributed by atoms with Gasteiger partial charge < -0.3 is 9.11 Å². The number of hydrogen-bond donors (Lipinski definition) is 1. The smallest absolute Gasteiger partial charge is 0.0814 e. The van der Waals surface area contributed by atoms with E-state index in [1.165, 1.54) is 21.9 Å². The molecule has 0 spiro atoms. The lowest BCUT2D eigenvalue weighted by Gasteiger charge is -2.04. The van der Waals surface area contributed by atoms with Crippen molar-refractivity contribution in [1.29, 1.82) is 0 Å². The third kappa shape index (κ3) is 3.41. The van der Waals surface area contributed by atoms with E-state index in [1.54, 1.807) is 0 Å². The van der Waals surface area contributed by atoms with E-state index in [0.717, 1.165) is 0 Å². The highest BCUT2D eigenvalue weighted by Gasteiger charge is 1.97. The van der Waals surface area contributed by atoms with Crippen LogP contribution >= 0.6 is 0 Å². The Labute approximate surface area is 97.2 Å². The lowest BCUT2D eigenvalue weighted by molar-refractivity contribution is 0.436. The molecule has 0 radical (unpaired) electrons. The number of fused-ring (bicyclic) bond motifs is 1. The molecule has 0 bridgehead atoms. The maximum Gasteiger partial charge on any atom is 0.0814 e. The molecule has 0 amide bonds. The highest BCUT2D eigenvalue weighted by molar-refractivity contribution is 7.73. The van der Waals surface area contributed by atoms with E-state index in [0.29, 0.717) is 0 Å². The van der Waals surface area contributed by atoms with Crippen LogP contribution in [0.1, 0.15) is 11.1 Å². The molecule has 16 heavy (non-hydrogen) atoms. The van der Waals surface area contributed by atoms with Crippen molar-refractivity contribution in [1.82, 2.24) is 0 Å². The van der Waals surface area contributed by atoms with Gasteiger partial charge in [0.25, 0.3) is 0 Å². The Morgan fingerprint density at radius 2 is 1.69 bits per heavy atom. The lowest BCUT2D eigenvalue weighted by Crippen LogP contribution is -1.82. The van der Waals surface area contributed by atoms with Crippen molar-refractivity contribution in [3.8, 4) is 0 Å². The zero-order chi connectivity index (χ0) is 12.1. The molecule has 0 aliphatic carbocycles. The van der Waals surface area contributed by atoms with Gasteiger partial charge in [0.1, 0.15) is 0 Å². The summed E-state index contributed by atoms with van der Waals surface area (Å²) in [5, 5.41) is 2.71. The van der Waals surface area contributed by atoms with Gasteiger partial charge in [-0.25, -0.2) is 4.21 Å². The summed E-state index contributed by atoms with van der Waals surface area (Å²) in [5.41, 5.74) is 2.77. The summed E-state index contributed by atoms with van der Waals surface area (Å²) in [6.45, 7) is 4.33. The van der Waals surface area contributed by atoms with Crippen molar-refractivity contribution in [3.63, 3.8) is 0 Å². The van der Waals surface area contributed by atoms with E-state index in [1.807, 2.05) is 0 Å². The summed E-state index contributed by atoms with van der Waals surface area (Å²) < 4.78 is 24.1. The van der Waals surface area contributed by atoms with E-state index in [-0.39, 0.29) is 0 Å². The Morgan fingerprint density at radius 1 is 1.12 bits per heavy atom. The van der Waals surface area contributed by atoms with Crippen molar-refractivity contribution < 1.29 is 13.3 Å². The average Bonchev–Trinajstić information content (AvgIpc) is 2.23. The predicted octanol–water partition coefficient (Wildman–Crippen LogP) is 2.80. The van der Waals surface area contributed by atoms with Crippen LogP contribution in [-0.2, 0) is 11.4 Å². The van der Waals surface area contributed by atoms with Crippen LogP contribution in [0.4, 0.5) is 0 Å². The van der Waals surface area contributed by atoms with Crippen LogP contribution in [0.5, 0.6) is 0 Å². The molecular weight excluding hydrogens is 224 g/mol. The Morgan fingerprint density at radius 3 is 2.31 bits per heavy atom. The molecule has 1 atom stereocenters. The predicted molar refractivity (Wildman–Crippen MR) is 65.0 cm³/mol. The Balaban J connectivity index is 0.000000280. The van der Waals surface area contributed by atoms with Crippen LogP contribution in [0.2, 0.25) is 0 Å². The Bertz CT molecular complexity index is 505. The Hall–Kier alpha value is -1.23. The first kappa shape index (κ1) is 12.8. The molecule has 0 heterocycles. The summed E-state index contributed by atoms with van der Waals surface area (Å²) in [6, 6.07) is 12.9. The summed E-state index contributed by atoms with van der Waals surface area (Å²) in [5.74, 6) is 0. The molecule has 2 aromatic rings. The van der Waals surface area contributed by atoms with Crippen LogP contribution < -0.4 is 0 Å². The van der Waals surface area contributed by atoms with Crippen LogP contribution in [0.25, 0.3) is 10.8 Å². The van der Waals surface area contributed by atoms with Crippen molar-refractivity contribution in [2.45, 2.75) is 13.8 Å². The molecule has 0 aliphatic rings. The van der Waals surface area contributed by atoms with Gasteiger partial charge in [0, 0.05) is 0 Å². The fourth-order valence-corrected chi connectivity index (χ4v) is 1.54. The third-order valence-corrected chi connectivity index (χ3v) is 2.47. The molecule has 4 heteroatoms. The molecule has 1 N–H and O–H groups in total. The van der Waals surface area contributed by atoms with Gasteiger partial charge in [-0.2, -0.15) is 0 Å². The zero-order valence-corrected chi connectivity index (χ0v) is 9.95. The molecule has 86 valence electrons. The number of hydrogen-bond acceptors (Lipinski definition) is 2. The van der Waals surface area contributed by atoms with E-state index in [9.17, 15) is 0 Å². The topological polar surface area (TPSA) is 60.4 Å². The zero-order valence-electron chi connectivity index (χ0n) is 9.14. The maximum absolute atomic E-state index is 8.56. The Kier molecular flexibility index (Phi) is 4.61.